The van der Waals surface area contributed by atoms with Gasteiger partial charge in [0.2, 0.25) is 0 Å². The topological polar surface area (TPSA) is 91.3 Å². The first kappa shape index (κ1) is 56.2. The second-order valence-corrected chi connectivity index (χ2v) is 17.1. The Bertz CT molecular complexity index is 1300. The van der Waals surface area contributed by atoms with E-state index in [1.807, 2.05) is 21.1 Å². The summed E-state index contributed by atoms with van der Waals surface area (Å²) < 4.78 is 34.9. The normalized spacial score (nSPS) is 14.7. The van der Waals surface area contributed by atoms with E-state index in [9.17, 15) is 14.3 Å². The number of esters is 1. The zero-order valence-electron chi connectivity index (χ0n) is 37.9. The maximum atomic E-state index is 12.7. The van der Waals surface area contributed by atoms with Gasteiger partial charge in [-0.15, -0.1) is 0 Å². The lowest BCUT2D eigenvalue weighted by Gasteiger charge is -2.24. The van der Waals surface area contributed by atoms with E-state index in [0.29, 0.717) is 17.6 Å². The van der Waals surface area contributed by atoms with E-state index in [0.717, 1.165) is 109 Å². The van der Waals surface area contributed by atoms with Crippen LogP contribution in [0.3, 0.4) is 0 Å². The smallest absolute Gasteiger partial charge is 0.457 e. The summed E-state index contributed by atoms with van der Waals surface area (Å²) in [6, 6.07) is 0. The van der Waals surface area contributed by atoms with Crippen LogP contribution in [0.1, 0.15) is 142 Å². The number of ether oxygens (including phenoxy) is 2. The summed E-state index contributed by atoms with van der Waals surface area (Å²) in [5.41, 5.74) is 0. The number of unbranched alkanes of at least 4 members (excludes halogenated alkanes) is 8. The maximum absolute atomic E-state index is 12.7. The minimum Gasteiger partial charge on any atom is -0.457 e. The molecule has 0 aromatic heterocycles. The summed E-state index contributed by atoms with van der Waals surface area (Å²) in [6.07, 6.45) is 58.5. The first-order valence-corrected chi connectivity index (χ1v) is 24.1. The van der Waals surface area contributed by atoms with E-state index in [1.165, 1.54) is 12.8 Å². The van der Waals surface area contributed by atoms with E-state index in [4.69, 9.17) is 18.5 Å². The summed E-state index contributed by atoms with van der Waals surface area (Å²) in [4.78, 5) is 22.9. The SMILES string of the molecule is CC/C=C\C/C=C\C/C=C\C/C=C\C/C=C\C/C=C\CCCCCCCOCC(COP(=O)(O)OCC[N+](C)(C)C)OC(=O)CCCCC/C=C\C/C=C\C/C=C\CC. The first-order chi connectivity index (χ1) is 28.6. The molecule has 2 unspecified atom stereocenters. The van der Waals surface area contributed by atoms with Crippen molar-refractivity contribution in [1.82, 2.24) is 0 Å². The van der Waals surface area contributed by atoms with Gasteiger partial charge in [0.15, 0.2) is 0 Å². The second-order valence-electron chi connectivity index (χ2n) is 15.7. The standard InChI is InChI=1S/C50H84NO7P/c1-6-8-10-12-14-16-18-20-21-22-23-24-25-26-27-28-29-30-32-34-36-38-40-42-45-55-47-49(48-57-59(53,54)56-46-44-51(3,4)5)58-50(52)43-41-39-37-35-33-31-19-17-15-13-11-9-7-2/h8-11,14-17,20-21,23-24,26-27,29-31,33,49H,6-7,12-13,18-19,22,25,28,32,34-48H2,1-5H3/p+1/b10-8-,11-9-,16-14-,17-15-,21-20-,24-23-,27-26-,30-29-,33-31-. The van der Waals surface area contributed by atoms with Gasteiger partial charge in [-0.1, -0.05) is 149 Å². The summed E-state index contributed by atoms with van der Waals surface area (Å²) >= 11 is 0. The number of nitrogens with zero attached hydrogens (tertiary/aromatic N) is 1. The van der Waals surface area contributed by atoms with E-state index >= 15 is 0 Å². The molecule has 9 heteroatoms. The Balaban J connectivity index is 4.29. The van der Waals surface area contributed by atoms with Crippen LogP contribution < -0.4 is 0 Å². The Morgan fingerprint density at radius 1 is 0.525 bits per heavy atom. The average Bonchev–Trinajstić information content (AvgIpc) is 3.19. The molecule has 0 saturated heterocycles. The van der Waals surface area contributed by atoms with E-state index in [-0.39, 0.29) is 32.2 Å². The van der Waals surface area contributed by atoms with Crippen molar-refractivity contribution in [3.05, 3.63) is 109 Å². The van der Waals surface area contributed by atoms with Gasteiger partial charge < -0.3 is 18.9 Å². The highest BCUT2D eigenvalue weighted by atomic mass is 31.2. The molecule has 0 saturated carbocycles. The van der Waals surface area contributed by atoms with Crippen molar-refractivity contribution in [3.63, 3.8) is 0 Å². The van der Waals surface area contributed by atoms with Crippen LogP contribution in [0.25, 0.3) is 0 Å². The van der Waals surface area contributed by atoms with Crippen LogP contribution >= 0.6 is 7.82 Å². The minimum absolute atomic E-state index is 0.0716. The van der Waals surface area contributed by atoms with E-state index < -0.39 is 13.9 Å². The third kappa shape index (κ3) is 46.1. The molecular weight excluding hydrogens is 758 g/mol. The molecule has 0 amide bonds. The molecule has 1 N–H and O–H groups in total. The fourth-order valence-corrected chi connectivity index (χ4v) is 6.13. The highest BCUT2D eigenvalue weighted by Crippen LogP contribution is 2.43. The fourth-order valence-electron chi connectivity index (χ4n) is 5.39. The van der Waals surface area contributed by atoms with Gasteiger partial charge in [0.1, 0.15) is 19.3 Å². The number of likely N-dealkylation sites (N-methyl/N-ethyl adjacent to an activating group) is 1. The van der Waals surface area contributed by atoms with Gasteiger partial charge in [0.25, 0.3) is 0 Å². The van der Waals surface area contributed by atoms with Crippen LogP contribution in [0.15, 0.2) is 109 Å². The van der Waals surface area contributed by atoms with Crippen LogP contribution in [-0.2, 0) is 27.9 Å². The average molecular weight is 843 g/mol. The van der Waals surface area contributed by atoms with Crippen molar-refractivity contribution >= 4 is 13.8 Å². The van der Waals surface area contributed by atoms with Gasteiger partial charge in [0, 0.05) is 13.0 Å². The number of hydrogen-bond donors (Lipinski definition) is 1. The molecule has 336 valence electrons. The van der Waals surface area contributed by atoms with Crippen molar-refractivity contribution in [2.45, 2.75) is 148 Å². The summed E-state index contributed by atoms with van der Waals surface area (Å²) in [7, 11) is 1.61. The predicted octanol–water partition coefficient (Wildman–Crippen LogP) is 13.6. The van der Waals surface area contributed by atoms with Gasteiger partial charge in [-0.25, -0.2) is 4.57 Å². The lowest BCUT2D eigenvalue weighted by atomic mass is 10.1. The van der Waals surface area contributed by atoms with Crippen LogP contribution in [0.4, 0.5) is 0 Å². The fraction of sp³-hybridized carbons (Fsp3) is 0.620. The van der Waals surface area contributed by atoms with E-state index in [2.05, 4.69) is 123 Å². The lowest BCUT2D eigenvalue weighted by Crippen LogP contribution is -2.37. The molecule has 0 bridgehead atoms. The van der Waals surface area contributed by atoms with Crippen LogP contribution in [0, 0.1) is 0 Å². The molecule has 0 radical (unpaired) electrons. The molecule has 0 aliphatic heterocycles. The number of hydrogen-bond acceptors (Lipinski definition) is 6. The number of carbonyl (C=O) groups excluding carboxylic acids is 1. The molecule has 0 spiro atoms. The molecule has 2 atom stereocenters. The van der Waals surface area contributed by atoms with Crippen LogP contribution in [0.5, 0.6) is 0 Å². The number of rotatable bonds is 40. The zero-order chi connectivity index (χ0) is 43.4. The number of phosphoric acid groups is 1. The first-order valence-electron chi connectivity index (χ1n) is 22.6. The molecular formula is C50H85NO7P+. The highest BCUT2D eigenvalue weighted by molar-refractivity contribution is 7.47. The third-order valence-electron chi connectivity index (χ3n) is 8.83. The Morgan fingerprint density at radius 3 is 1.39 bits per heavy atom. The molecule has 0 aliphatic rings. The van der Waals surface area contributed by atoms with Crippen LogP contribution in [0.2, 0.25) is 0 Å². The summed E-state index contributed by atoms with van der Waals surface area (Å²) in [5, 5.41) is 0. The van der Waals surface area contributed by atoms with Crippen molar-refractivity contribution in [2.75, 3.05) is 54.1 Å². The molecule has 0 rings (SSSR count). The van der Waals surface area contributed by atoms with Gasteiger partial charge >= 0.3 is 13.8 Å². The van der Waals surface area contributed by atoms with Crippen molar-refractivity contribution < 1.29 is 37.3 Å². The summed E-state index contributed by atoms with van der Waals surface area (Å²) in [6.45, 7) is 5.26. The number of carbonyl (C=O) groups is 1. The number of allylic oxidation sites excluding steroid dienone is 18. The molecule has 0 aliphatic carbocycles. The molecule has 59 heavy (non-hydrogen) atoms. The number of phosphoric ester groups is 1. The third-order valence-corrected chi connectivity index (χ3v) is 9.81. The van der Waals surface area contributed by atoms with Crippen molar-refractivity contribution in [3.8, 4) is 0 Å². The van der Waals surface area contributed by atoms with E-state index in [1.54, 1.807) is 0 Å². The Morgan fingerprint density at radius 2 is 0.932 bits per heavy atom. The minimum atomic E-state index is -4.30. The molecule has 0 heterocycles. The Kier molecular flexibility index (Phi) is 39.9. The van der Waals surface area contributed by atoms with Crippen molar-refractivity contribution in [1.29, 1.82) is 0 Å². The molecule has 0 fully saturated rings. The molecule has 8 nitrogen and oxygen atoms in total. The largest absolute Gasteiger partial charge is 0.472 e. The van der Waals surface area contributed by atoms with Gasteiger partial charge in [0.05, 0.1) is 34.4 Å². The monoisotopic (exact) mass is 843 g/mol. The Labute approximate surface area is 361 Å². The van der Waals surface area contributed by atoms with Crippen LogP contribution in [-0.4, -0.2) is 75.6 Å². The summed E-state index contributed by atoms with van der Waals surface area (Å²) in [5.74, 6) is -0.356. The second kappa shape index (κ2) is 41.9. The highest BCUT2D eigenvalue weighted by Gasteiger charge is 2.26. The zero-order valence-corrected chi connectivity index (χ0v) is 38.8. The van der Waals surface area contributed by atoms with Gasteiger partial charge in [-0.3, -0.25) is 13.8 Å². The molecule has 0 aromatic carbocycles. The van der Waals surface area contributed by atoms with Gasteiger partial charge in [-0.2, -0.15) is 0 Å². The maximum Gasteiger partial charge on any atom is 0.472 e. The lowest BCUT2D eigenvalue weighted by molar-refractivity contribution is -0.870. The quantitative estimate of drug-likeness (QED) is 0.0216. The predicted molar refractivity (Wildman–Crippen MR) is 251 cm³/mol. The van der Waals surface area contributed by atoms with Crippen molar-refractivity contribution in [2.24, 2.45) is 0 Å². The number of quaternary nitrogens is 1. The van der Waals surface area contributed by atoms with Gasteiger partial charge in [-0.05, 0) is 96.3 Å². The Hall–Kier alpha value is -2.84. The molecule has 0 aromatic rings.